The van der Waals surface area contributed by atoms with Gasteiger partial charge in [-0.05, 0) is 49.4 Å². The second kappa shape index (κ2) is 8.84. The summed E-state index contributed by atoms with van der Waals surface area (Å²) < 4.78 is 1.20. The molecule has 0 aromatic heterocycles. The fourth-order valence-corrected chi connectivity index (χ4v) is 3.81. The van der Waals surface area contributed by atoms with E-state index in [0.29, 0.717) is 6.04 Å². The van der Waals surface area contributed by atoms with Crippen LogP contribution >= 0.6 is 15.9 Å². The van der Waals surface area contributed by atoms with Gasteiger partial charge in [-0.15, -0.1) is 0 Å². The first-order valence-corrected chi connectivity index (χ1v) is 9.05. The largest absolute Gasteiger partial charge is 0.314 e. The molecular formula is C18H28BrN. The summed E-state index contributed by atoms with van der Waals surface area (Å²) in [6.45, 7) is 3.40. The van der Waals surface area contributed by atoms with Crippen molar-refractivity contribution in [3.8, 4) is 0 Å². The van der Waals surface area contributed by atoms with Crippen LogP contribution in [0, 0.1) is 5.92 Å². The molecule has 1 saturated carbocycles. The van der Waals surface area contributed by atoms with Crippen LogP contribution < -0.4 is 5.32 Å². The van der Waals surface area contributed by atoms with Crippen LogP contribution in [0.15, 0.2) is 28.7 Å². The average Bonchev–Trinajstić information content (AvgIpc) is 2.46. The second-order valence-electron chi connectivity index (χ2n) is 6.22. The third-order valence-corrected chi connectivity index (χ3v) is 4.89. The Balaban J connectivity index is 1.91. The Morgan fingerprint density at radius 2 is 2.05 bits per heavy atom. The lowest BCUT2D eigenvalue weighted by Gasteiger charge is -2.27. The Labute approximate surface area is 132 Å². The van der Waals surface area contributed by atoms with Crippen LogP contribution in [0.2, 0.25) is 0 Å². The van der Waals surface area contributed by atoms with Gasteiger partial charge in [0.05, 0.1) is 0 Å². The highest BCUT2D eigenvalue weighted by atomic mass is 79.9. The zero-order chi connectivity index (χ0) is 14.2. The van der Waals surface area contributed by atoms with Crippen molar-refractivity contribution in [1.82, 2.24) is 5.32 Å². The van der Waals surface area contributed by atoms with Crippen LogP contribution in [-0.2, 0) is 6.42 Å². The van der Waals surface area contributed by atoms with Gasteiger partial charge in [0.25, 0.3) is 0 Å². The molecule has 1 aliphatic carbocycles. The smallest absolute Gasteiger partial charge is 0.0178 e. The Morgan fingerprint density at radius 3 is 2.75 bits per heavy atom. The molecule has 0 saturated heterocycles. The van der Waals surface area contributed by atoms with E-state index < -0.39 is 0 Å². The number of hydrogen-bond donors (Lipinski definition) is 1. The normalized spacial score (nSPS) is 18.1. The molecule has 0 heterocycles. The monoisotopic (exact) mass is 337 g/mol. The molecule has 20 heavy (non-hydrogen) atoms. The van der Waals surface area contributed by atoms with Crippen molar-refractivity contribution in [2.24, 2.45) is 5.92 Å². The van der Waals surface area contributed by atoms with E-state index in [2.05, 4.69) is 52.4 Å². The molecule has 1 N–H and O–H groups in total. The molecule has 0 spiro atoms. The second-order valence-corrected chi connectivity index (χ2v) is 7.14. The zero-order valence-electron chi connectivity index (χ0n) is 12.7. The lowest BCUT2D eigenvalue weighted by atomic mass is 9.83. The van der Waals surface area contributed by atoms with Gasteiger partial charge in [-0.1, -0.05) is 67.1 Å². The van der Waals surface area contributed by atoms with E-state index in [1.807, 2.05) is 0 Å². The molecule has 0 aliphatic heterocycles. The summed E-state index contributed by atoms with van der Waals surface area (Å²) in [7, 11) is 0. The minimum absolute atomic E-state index is 0.646. The molecule has 0 radical (unpaired) electrons. The molecule has 2 rings (SSSR count). The van der Waals surface area contributed by atoms with Gasteiger partial charge in [-0.2, -0.15) is 0 Å². The molecule has 2 heteroatoms. The zero-order valence-corrected chi connectivity index (χ0v) is 14.3. The van der Waals surface area contributed by atoms with Crippen LogP contribution in [0.3, 0.4) is 0 Å². The molecule has 112 valence electrons. The molecule has 1 aliphatic rings. The highest BCUT2D eigenvalue weighted by Crippen LogP contribution is 2.28. The van der Waals surface area contributed by atoms with Crippen molar-refractivity contribution in [1.29, 1.82) is 0 Å². The van der Waals surface area contributed by atoms with E-state index in [9.17, 15) is 0 Å². The number of nitrogens with one attached hydrogen (secondary N) is 1. The first kappa shape index (κ1) is 16.0. The van der Waals surface area contributed by atoms with Crippen LogP contribution in [0.25, 0.3) is 0 Å². The van der Waals surface area contributed by atoms with Gasteiger partial charge in [-0.3, -0.25) is 0 Å². The molecule has 1 nitrogen and oxygen atoms in total. The lowest BCUT2D eigenvalue weighted by molar-refractivity contribution is 0.296. The summed E-state index contributed by atoms with van der Waals surface area (Å²) in [5.74, 6) is 0.949. The fourth-order valence-electron chi connectivity index (χ4n) is 3.36. The molecule has 1 aromatic rings. The maximum absolute atomic E-state index is 3.77. The summed E-state index contributed by atoms with van der Waals surface area (Å²) in [6.07, 6.45) is 11.0. The Kier molecular flexibility index (Phi) is 7.09. The van der Waals surface area contributed by atoms with Gasteiger partial charge in [0.1, 0.15) is 0 Å². The van der Waals surface area contributed by atoms with Crippen LogP contribution in [-0.4, -0.2) is 12.6 Å². The van der Waals surface area contributed by atoms with Gasteiger partial charge >= 0.3 is 0 Å². The molecular weight excluding hydrogens is 310 g/mol. The van der Waals surface area contributed by atoms with Crippen LogP contribution in [0.4, 0.5) is 0 Å². The fraction of sp³-hybridized carbons (Fsp3) is 0.667. The first-order chi connectivity index (χ1) is 9.78. The Bertz CT molecular complexity index is 385. The molecule has 1 aromatic carbocycles. The third kappa shape index (κ3) is 5.57. The molecule has 1 unspecified atom stereocenters. The first-order valence-electron chi connectivity index (χ1n) is 8.25. The standard InChI is InChI=1S/C18H28BrN/c1-2-11-20-18(13-15-7-4-3-5-8-15)14-16-9-6-10-17(19)12-16/h6,9-10,12,15,18,20H,2-5,7-8,11,13-14H2,1H3. The molecule has 0 bridgehead atoms. The van der Waals surface area contributed by atoms with Crippen molar-refractivity contribution in [3.63, 3.8) is 0 Å². The van der Waals surface area contributed by atoms with E-state index in [1.165, 1.54) is 55.0 Å². The number of benzene rings is 1. The maximum atomic E-state index is 3.77. The van der Waals surface area contributed by atoms with Gasteiger partial charge in [0, 0.05) is 10.5 Å². The van der Waals surface area contributed by atoms with E-state index in [-0.39, 0.29) is 0 Å². The predicted octanol–water partition coefficient (Wildman–Crippen LogP) is 5.33. The summed E-state index contributed by atoms with van der Waals surface area (Å²) >= 11 is 3.58. The highest BCUT2D eigenvalue weighted by molar-refractivity contribution is 9.10. The summed E-state index contributed by atoms with van der Waals surface area (Å²) in [6, 6.07) is 9.43. The van der Waals surface area contributed by atoms with Gasteiger partial charge < -0.3 is 5.32 Å². The third-order valence-electron chi connectivity index (χ3n) is 4.40. The summed E-state index contributed by atoms with van der Waals surface area (Å²) in [5.41, 5.74) is 1.45. The van der Waals surface area contributed by atoms with E-state index in [0.717, 1.165) is 18.9 Å². The van der Waals surface area contributed by atoms with Crippen molar-refractivity contribution in [3.05, 3.63) is 34.3 Å². The molecule has 1 atom stereocenters. The van der Waals surface area contributed by atoms with Crippen LogP contribution in [0.1, 0.15) is 57.4 Å². The quantitative estimate of drug-likeness (QED) is 0.708. The van der Waals surface area contributed by atoms with Crippen molar-refractivity contribution >= 4 is 15.9 Å². The molecule has 0 amide bonds. The minimum atomic E-state index is 0.646. The summed E-state index contributed by atoms with van der Waals surface area (Å²) in [4.78, 5) is 0. The van der Waals surface area contributed by atoms with Gasteiger partial charge in [-0.25, -0.2) is 0 Å². The number of hydrogen-bond acceptors (Lipinski definition) is 1. The van der Waals surface area contributed by atoms with Crippen molar-refractivity contribution in [2.45, 2.75) is 64.3 Å². The number of halogens is 1. The minimum Gasteiger partial charge on any atom is -0.314 e. The summed E-state index contributed by atoms with van der Waals surface area (Å²) in [5, 5.41) is 3.77. The van der Waals surface area contributed by atoms with Crippen LogP contribution in [0.5, 0.6) is 0 Å². The average molecular weight is 338 g/mol. The van der Waals surface area contributed by atoms with Crippen molar-refractivity contribution in [2.75, 3.05) is 6.54 Å². The van der Waals surface area contributed by atoms with E-state index in [1.54, 1.807) is 0 Å². The lowest BCUT2D eigenvalue weighted by Crippen LogP contribution is -2.34. The Hall–Kier alpha value is -0.340. The van der Waals surface area contributed by atoms with Gasteiger partial charge in [0.2, 0.25) is 0 Å². The molecule has 1 fully saturated rings. The maximum Gasteiger partial charge on any atom is 0.0178 e. The Morgan fingerprint density at radius 1 is 1.25 bits per heavy atom. The predicted molar refractivity (Wildman–Crippen MR) is 91.1 cm³/mol. The highest BCUT2D eigenvalue weighted by Gasteiger charge is 2.19. The van der Waals surface area contributed by atoms with E-state index in [4.69, 9.17) is 0 Å². The van der Waals surface area contributed by atoms with Crippen molar-refractivity contribution < 1.29 is 0 Å². The topological polar surface area (TPSA) is 12.0 Å². The number of rotatable bonds is 7. The SMILES string of the molecule is CCCNC(Cc1cccc(Br)c1)CC1CCCCC1. The van der Waals surface area contributed by atoms with E-state index >= 15 is 0 Å². The van der Waals surface area contributed by atoms with Gasteiger partial charge in [0.15, 0.2) is 0 Å².